The summed E-state index contributed by atoms with van der Waals surface area (Å²) in [5.74, 6) is 0.509. The van der Waals surface area contributed by atoms with E-state index in [0.717, 1.165) is 0 Å². The molecule has 20 heavy (non-hydrogen) atoms. The topological polar surface area (TPSA) is 65.0 Å². The van der Waals surface area contributed by atoms with E-state index in [0.29, 0.717) is 17.1 Å². The lowest BCUT2D eigenvalue weighted by Gasteiger charge is -2.28. The third kappa shape index (κ3) is 2.77. The molecule has 1 rings (SSSR count). The third-order valence-corrected chi connectivity index (χ3v) is 3.27. The minimum Gasteiger partial charge on any atom is -0.493 e. The van der Waals surface area contributed by atoms with E-state index in [9.17, 15) is 9.90 Å². The summed E-state index contributed by atoms with van der Waals surface area (Å²) in [5.41, 5.74) is -0.597. The highest BCUT2D eigenvalue weighted by molar-refractivity contribution is 5.84. The molecule has 1 atom stereocenters. The summed E-state index contributed by atoms with van der Waals surface area (Å²) in [6.07, 6.45) is 1.83. The second-order valence-corrected chi connectivity index (χ2v) is 4.29. The number of carbonyl (C=O) groups is 1. The van der Waals surface area contributed by atoms with E-state index >= 15 is 0 Å². The van der Waals surface area contributed by atoms with Gasteiger partial charge >= 0.3 is 5.97 Å². The average Bonchev–Trinajstić information content (AvgIpc) is 2.51. The standard InChI is InChI=1S/C15H20O5/c1-5-8-15(10-16,14(17)20-4)11-6-7-12(18-2)13(9-11)19-3/h5-7,9,16H,1,8,10H2,2-4H3/t15-/m0/s1. The number of hydrogen-bond acceptors (Lipinski definition) is 5. The fourth-order valence-corrected chi connectivity index (χ4v) is 2.12. The van der Waals surface area contributed by atoms with Gasteiger partial charge in [-0.15, -0.1) is 6.58 Å². The van der Waals surface area contributed by atoms with Gasteiger partial charge < -0.3 is 19.3 Å². The minimum absolute atomic E-state index is 0.256. The van der Waals surface area contributed by atoms with Gasteiger partial charge in [-0.2, -0.15) is 0 Å². The van der Waals surface area contributed by atoms with Gasteiger partial charge in [0, 0.05) is 0 Å². The van der Waals surface area contributed by atoms with Crippen LogP contribution in [0.3, 0.4) is 0 Å². The van der Waals surface area contributed by atoms with E-state index in [-0.39, 0.29) is 13.0 Å². The van der Waals surface area contributed by atoms with Crippen molar-refractivity contribution in [1.82, 2.24) is 0 Å². The van der Waals surface area contributed by atoms with Gasteiger partial charge in [0.25, 0.3) is 0 Å². The number of aliphatic hydroxyl groups is 1. The van der Waals surface area contributed by atoms with Crippen LogP contribution >= 0.6 is 0 Å². The number of ether oxygens (including phenoxy) is 3. The summed E-state index contributed by atoms with van der Waals surface area (Å²) in [6.45, 7) is 3.25. The second kappa shape index (κ2) is 6.96. The first kappa shape index (κ1) is 16.0. The summed E-state index contributed by atoms with van der Waals surface area (Å²) in [6, 6.07) is 5.05. The van der Waals surface area contributed by atoms with Crippen LogP contribution in [0.25, 0.3) is 0 Å². The average molecular weight is 280 g/mol. The molecule has 1 aromatic rings. The largest absolute Gasteiger partial charge is 0.493 e. The number of allylic oxidation sites excluding steroid dienone is 1. The Hall–Kier alpha value is -2.01. The molecule has 0 fully saturated rings. The van der Waals surface area contributed by atoms with Gasteiger partial charge in [-0.25, -0.2) is 0 Å². The summed E-state index contributed by atoms with van der Waals surface area (Å²) >= 11 is 0. The highest BCUT2D eigenvalue weighted by atomic mass is 16.5. The van der Waals surface area contributed by atoms with Gasteiger partial charge in [-0.3, -0.25) is 4.79 Å². The first-order valence-electron chi connectivity index (χ1n) is 6.12. The molecular weight excluding hydrogens is 260 g/mol. The molecule has 0 saturated heterocycles. The molecular formula is C15H20O5. The number of hydrogen-bond donors (Lipinski definition) is 1. The van der Waals surface area contributed by atoms with E-state index in [2.05, 4.69) is 6.58 Å². The zero-order valence-electron chi connectivity index (χ0n) is 12.0. The van der Waals surface area contributed by atoms with Crippen LogP contribution in [-0.4, -0.2) is 39.0 Å². The predicted octanol–water partition coefficient (Wildman–Crippen LogP) is 1.68. The van der Waals surface area contributed by atoms with Gasteiger partial charge in [0.15, 0.2) is 11.5 Å². The van der Waals surface area contributed by atoms with E-state index in [1.807, 2.05) is 0 Å². The van der Waals surface area contributed by atoms with Gasteiger partial charge in [-0.1, -0.05) is 12.1 Å². The number of methoxy groups -OCH3 is 3. The van der Waals surface area contributed by atoms with Gasteiger partial charge in [0.1, 0.15) is 5.41 Å². The zero-order chi connectivity index (χ0) is 15.2. The maximum Gasteiger partial charge on any atom is 0.318 e. The fourth-order valence-electron chi connectivity index (χ4n) is 2.12. The SMILES string of the molecule is C=CC[C@@](CO)(C(=O)OC)c1ccc(OC)c(OC)c1. The van der Waals surface area contributed by atoms with Crippen LogP contribution in [0.2, 0.25) is 0 Å². The zero-order valence-corrected chi connectivity index (χ0v) is 12.0. The Labute approximate surface area is 118 Å². The van der Waals surface area contributed by atoms with Crippen LogP contribution < -0.4 is 9.47 Å². The van der Waals surface area contributed by atoms with Gasteiger partial charge in [0.2, 0.25) is 0 Å². The molecule has 0 aliphatic rings. The Bertz CT molecular complexity index is 483. The quantitative estimate of drug-likeness (QED) is 0.608. The Morgan fingerprint density at radius 3 is 2.40 bits per heavy atom. The van der Waals surface area contributed by atoms with Gasteiger partial charge in [0.05, 0.1) is 27.9 Å². The Kier molecular flexibility index (Phi) is 5.58. The number of rotatable bonds is 7. The van der Waals surface area contributed by atoms with E-state index in [1.165, 1.54) is 21.3 Å². The second-order valence-electron chi connectivity index (χ2n) is 4.29. The van der Waals surface area contributed by atoms with E-state index in [1.54, 1.807) is 24.3 Å². The molecule has 0 aliphatic heterocycles. The van der Waals surface area contributed by atoms with Crippen molar-refractivity contribution in [3.63, 3.8) is 0 Å². The van der Waals surface area contributed by atoms with E-state index < -0.39 is 11.4 Å². The minimum atomic E-state index is -1.18. The number of carbonyl (C=O) groups excluding carboxylic acids is 1. The molecule has 1 N–H and O–H groups in total. The van der Waals surface area contributed by atoms with E-state index in [4.69, 9.17) is 14.2 Å². The van der Waals surface area contributed by atoms with Crippen LogP contribution in [-0.2, 0) is 14.9 Å². The maximum absolute atomic E-state index is 12.1. The Balaban J connectivity index is 3.40. The van der Waals surface area contributed by atoms with Crippen molar-refractivity contribution >= 4 is 5.97 Å². The maximum atomic E-state index is 12.1. The van der Waals surface area contributed by atoms with Crippen LogP contribution in [0.5, 0.6) is 11.5 Å². The normalized spacial score (nSPS) is 13.2. The molecule has 0 radical (unpaired) electrons. The first-order chi connectivity index (χ1) is 9.59. The number of esters is 1. The molecule has 0 aliphatic carbocycles. The molecule has 0 heterocycles. The van der Waals surface area contributed by atoms with Crippen molar-refractivity contribution in [2.75, 3.05) is 27.9 Å². The molecule has 0 bridgehead atoms. The lowest BCUT2D eigenvalue weighted by molar-refractivity contribution is -0.149. The Morgan fingerprint density at radius 1 is 1.30 bits per heavy atom. The molecule has 1 aromatic carbocycles. The number of benzene rings is 1. The van der Waals surface area contributed by atoms with Crippen molar-refractivity contribution in [1.29, 1.82) is 0 Å². The summed E-state index contributed by atoms with van der Waals surface area (Å²) in [7, 11) is 4.32. The number of aliphatic hydroxyl groups excluding tert-OH is 1. The van der Waals surface area contributed by atoms with Crippen LogP contribution in [0.15, 0.2) is 30.9 Å². The molecule has 0 spiro atoms. The smallest absolute Gasteiger partial charge is 0.318 e. The lowest BCUT2D eigenvalue weighted by atomic mass is 9.78. The molecule has 0 unspecified atom stereocenters. The highest BCUT2D eigenvalue weighted by Crippen LogP contribution is 2.36. The Morgan fingerprint density at radius 2 is 1.95 bits per heavy atom. The monoisotopic (exact) mass is 280 g/mol. The third-order valence-electron chi connectivity index (χ3n) is 3.27. The summed E-state index contributed by atoms with van der Waals surface area (Å²) < 4.78 is 15.2. The molecule has 0 saturated carbocycles. The van der Waals surface area contributed by atoms with Crippen molar-refractivity contribution in [2.45, 2.75) is 11.8 Å². The van der Waals surface area contributed by atoms with Crippen molar-refractivity contribution < 1.29 is 24.1 Å². The van der Waals surface area contributed by atoms with Crippen LogP contribution in [0.4, 0.5) is 0 Å². The van der Waals surface area contributed by atoms with Crippen molar-refractivity contribution in [3.05, 3.63) is 36.4 Å². The molecule has 110 valence electrons. The molecule has 0 aromatic heterocycles. The summed E-state index contributed by atoms with van der Waals surface area (Å²) in [4.78, 5) is 12.1. The van der Waals surface area contributed by atoms with Crippen LogP contribution in [0, 0.1) is 0 Å². The molecule has 5 nitrogen and oxygen atoms in total. The molecule has 0 amide bonds. The lowest BCUT2D eigenvalue weighted by Crippen LogP contribution is -2.40. The van der Waals surface area contributed by atoms with Crippen molar-refractivity contribution in [3.8, 4) is 11.5 Å². The predicted molar refractivity (Wildman–Crippen MR) is 75.1 cm³/mol. The van der Waals surface area contributed by atoms with Crippen molar-refractivity contribution in [2.24, 2.45) is 0 Å². The van der Waals surface area contributed by atoms with Crippen LogP contribution in [0.1, 0.15) is 12.0 Å². The fraction of sp³-hybridized carbons (Fsp3) is 0.400. The highest BCUT2D eigenvalue weighted by Gasteiger charge is 2.40. The summed E-state index contributed by atoms with van der Waals surface area (Å²) in [5, 5.41) is 9.73. The van der Waals surface area contributed by atoms with Gasteiger partial charge in [-0.05, 0) is 24.1 Å². The molecule has 5 heteroatoms. The first-order valence-corrected chi connectivity index (χ1v) is 6.12.